The second-order valence-corrected chi connectivity index (χ2v) is 21.3. The van der Waals surface area contributed by atoms with Crippen molar-refractivity contribution in [2.24, 2.45) is 0 Å². The fourth-order valence-corrected chi connectivity index (χ4v) is 10.4. The monoisotopic (exact) mass is 967 g/mol. The standard InChI is InChI=1S/C69H60N4O/c1-46-40-66(70-44-61(46)49-20-12-9-13-21-49)73-62-39-32-51(47-28-33-52(34-29-47)68(2,3)4)41-60(62)59-38-37-56(43-65(59)73)74-55-23-16-22-54(42-55)71-45-72(64-27-15-14-26-63(64)71)67-57(48-18-10-8-11-19-48)24-17-25-58(67)50-30-35-53(36-31-50)69(5,6)7/h8-44H,45H2,1-7H3/i1D3,16D,22D,23D. The number of hydrogen-bond donors (Lipinski definition) is 0. The van der Waals surface area contributed by atoms with Crippen LogP contribution in [0.15, 0.2) is 225 Å². The topological polar surface area (TPSA) is 33.5 Å². The van der Waals surface area contributed by atoms with Gasteiger partial charge in [-0.25, -0.2) is 4.98 Å². The first-order valence-corrected chi connectivity index (χ1v) is 25.3. The van der Waals surface area contributed by atoms with Crippen LogP contribution in [0.25, 0.3) is 72.1 Å². The van der Waals surface area contributed by atoms with Gasteiger partial charge in [-0.15, -0.1) is 0 Å². The lowest BCUT2D eigenvalue weighted by molar-refractivity contribution is 0.483. The summed E-state index contributed by atoms with van der Waals surface area (Å²) < 4.78 is 62.9. The summed E-state index contributed by atoms with van der Waals surface area (Å²) in [5.41, 5.74) is 15.0. The number of para-hydroxylation sites is 3. The lowest BCUT2D eigenvalue weighted by Crippen LogP contribution is -2.25. The Bertz CT molecular complexity index is 4160. The Morgan fingerprint density at radius 3 is 1.73 bits per heavy atom. The van der Waals surface area contributed by atoms with Gasteiger partial charge in [0.1, 0.15) is 24.0 Å². The minimum atomic E-state index is -2.46. The summed E-state index contributed by atoms with van der Waals surface area (Å²) in [7, 11) is 0. The summed E-state index contributed by atoms with van der Waals surface area (Å²) >= 11 is 0. The first-order chi connectivity index (χ1) is 38.3. The lowest BCUT2D eigenvalue weighted by atomic mass is 9.86. The van der Waals surface area contributed by atoms with Gasteiger partial charge in [-0.3, -0.25) is 4.57 Å². The molecule has 0 amide bonds. The maximum atomic E-state index is 9.48. The Morgan fingerprint density at radius 2 is 1.08 bits per heavy atom. The molecule has 2 aromatic heterocycles. The van der Waals surface area contributed by atoms with Crippen LogP contribution >= 0.6 is 0 Å². The highest BCUT2D eigenvalue weighted by Crippen LogP contribution is 2.51. The zero-order chi connectivity index (χ0) is 55.8. The van der Waals surface area contributed by atoms with Crippen LogP contribution in [-0.2, 0) is 10.8 Å². The molecule has 0 unspecified atom stereocenters. The van der Waals surface area contributed by atoms with Gasteiger partial charge >= 0.3 is 0 Å². The van der Waals surface area contributed by atoms with Gasteiger partial charge in [-0.05, 0) is 117 Å². The minimum Gasteiger partial charge on any atom is -0.457 e. The number of benzene rings is 9. The summed E-state index contributed by atoms with van der Waals surface area (Å²) in [6.45, 7) is 11.1. The zero-order valence-electron chi connectivity index (χ0n) is 48.5. The van der Waals surface area contributed by atoms with Crippen molar-refractivity contribution in [3.8, 4) is 61.8 Å². The van der Waals surface area contributed by atoms with E-state index < -0.39 is 6.85 Å². The van der Waals surface area contributed by atoms with Crippen molar-refractivity contribution in [3.05, 3.63) is 241 Å². The smallest absolute Gasteiger partial charge is 0.137 e. The molecule has 0 N–H and O–H groups in total. The Labute approximate surface area is 444 Å². The molecule has 0 bridgehead atoms. The maximum Gasteiger partial charge on any atom is 0.137 e. The SMILES string of the molecule is [2H]c1c(Oc2ccc3c4cc(-c5ccc(C(C)(C)C)cc5)ccc4n(-c4cc(C([2H])([2H])[2H])c(-c5ccccc5)cn4)c3c2)cc(N2CN(c3c(-c4ccccc4)cccc3-c3ccc(C(C)(C)C)cc3)c3ccccc32)c([2H])c1[2H]. The molecule has 0 fully saturated rings. The molecule has 1 aliphatic heterocycles. The number of pyridine rings is 1. The molecule has 11 aromatic rings. The summed E-state index contributed by atoms with van der Waals surface area (Å²) in [6, 6.07) is 66.7. The molecule has 0 saturated carbocycles. The van der Waals surface area contributed by atoms with E-state index in [1.165, 1.54) is 11.1 Å². The van der Waals surface area contributed by atoms with Crippen molar-refractivity contribution < 1.29 is 13.0 Å². The summed E-state index contributed by atoms with van der Waals surface area (Å²) in [5, 5.41) is 1.81. The third-order valence-electron chi connectivity index (χ3n) is 14.4. The van der Waals surface area contributed by atoms with E-state index in [0.717, 1.165) is 72.3 Å². The predicted molar refractivity (Wildman–Crippen MR) is 311 cm³/mol. The van der Waals surface area contributed by atoms with Crippen molar-refractivity contribution in [2.75, 3.05) is 16.5 Å². The van der Waals surface area contributed by atoms with E-state index in [-0.39, 0.29) is 40.3 Å². The fraction of sp³-hybridized carbons (Fsp3) is 0.145. The van der Waals surface area contributed by atoms with Crippen molar-refractivity contribution >= 4 is 44.6 Å². The van der Waals surface area contributed by atoms with Gasteiger partial charge in [-0.2, -0.15) is 0 Å². The van der Waals surface area contributed by atoms with Crippen LogP contribution in [0.1, 0.15) is 66.5 Å². The number of anilines is 4. The summed E-state index contributed by atoms with van der Waals surface area (Å²) in [6.07, 6.45) is 1.64. The van der Waals surface area contributed by atoms with Crippen LogP contribution < -0.4 is 14.5 Å². The van der Waals surface area contributed by atoms with E-state index in [1.807, 2.05) is 82.3 Å². The van der Waals surface area contributed by atoms with Gasteiger partial charge in [-0.1, -0.05) is 193 Å². The van der Waals surface area contributed by atoms with Crippen molar-refractivity contribution in [2.45, 2.75) is 59.2 Å². The molecular weight excluding hydrogens is 901 g/mol. The second kappa shape index (κ2) is 18.4. The minimum absolute atomic E-state index is 0.00110. The molecule has 9 aromatic carbocycles. The van der Waals surface area contributed by atoms with E-state index in [4.69, 9.17) is 13.8 Å². The fourth-order valence-electron chi connectivity index (χ4n) is 10.4. The van der Waals surface area contributed by atoms with E-state index in [2.05, 4.69) is 162 Å². The first kappa shape index (κ1) is 39.9. The van der Waals surface area contributed by atoms with Crippen molar-refractivity contribution in [3.63, 3.8) is 0 Å². The zero-order valence-corrected chi connectivity index (χ0v) is 42.5. The number of fused-ring (bicyclic) bond motifs is 4. The average molecular weight is 967 g/mol. The van der Waals surface area contributed by atoms with Gasteiger partial charge in [0.15, 0.2) is 0 Å². The molecule has 3 heterocycles. The highest BCUT2D eigenvalue weighted by molar-refractivity contribution is 6.11. The normalized spacial score (nSPS) is 14.0. The molecule has 5 nitrogen and oxygen atoms in total. The number of aryl methyl sites for hydroxylation is 1. The van der Waals surface area contributed by atoms with Crippen LogP contribution in [-0.4, -0.2) is 16.2 Å². The van der Waals surface area contributed by atoms with Crippen molar-refractivity contribution in [1.82, 2.24) is 9.55 Å². The molecule has 0 spiro atoms. The number of nitrogens with zero attached hydrogens (tertiary/aromatic N) is 4. The number of aromatic nitrogens is 2. The third kappa shape index (κ3) is 8.58. The van der Waals surface area contributed by atoms with Crippen LogP contribution in [0.5, 0.6) is 11.5 Å². The predicted octanol–water partition coefficient (Wildman–Crippen LogP) is 18.8. The van der Waals surface area contributed by atoms with Gasteiger partial charge in [0.05, 0.1) is 32.2 Å². The summed E-state index contributed by atoms with van der Waals surface area (Å²) in [4.78, 5) is 9.31. The lowest BCUT2D eigenvalue weighted by Gasteiger charge is -2.27. The molecule has 0 aliphatic carbocycles. The molecule has 0 saturated heterocycles. The number of ether oxygens (including phenoxy) is 1. The molecular formula is C69H60N4O. The Balaban J connectivity index is 0.975. The molecule has 0 atom stereocenters. The Kier molecular flexibility index (Phi) is 9.93. The van der Waals surface area contributed by atoms with Gasteiger partial charge in [0.25, 0.3) is 0 Å². The molecule has 12 rings (SSSR count). The number of rotatable bonds is 9. The molecule has 74 heavy (non-hydrogen) atoms. The molecule has 362 valence electrons. The van der Waals surface area contributed by atoms with E-state index in [9.17, 15) is 4.11 Å². The van der Waals surface area contributed by atoms with Gasteiger partial charge in [0.2, 0.25) is 0 Å². The molecule has 0 radical (unpaired) electrons. The van der Waals surface area contributed by atoms with Crippen LogP contribution in [0.4, 0.5) is 22.7 Å². The Morgan fingerprint density at radius 1 is 0.486 bits per heavy atom. The maximum absolute atomic E-state index is 9.48. The second-order valence-electron chi connectivity index (χ2n) is 21.3. The summed E-state index contributed by atoms with van der Waals surface area (Å²) in [5.74, 6) is 0.914. The quantitative estimate of drug-likeness (QED) is 0.144. The van der Waals surface area contributed by atoms with E-state index >= 15 is 0 Å². The van der Waals surface area contributed by atoms with Crippen LogP contribution in [0, 0.1) is 6.85 Å². The highest BCUT2D eigenvalue weighted by Gasteiger charge is 2.32. The highest BCUT2D eigenvalue weighted by atomic mass is 16.5. The molecule has 5 heteroatoms. The molecule has 1 aliphatic rings. The number of hydrogen-bond acceptors (Lipinski definition) is 4. The van der Waals surface area contributed by atoms with E-state index in [1.54, 1.807) is 18.3 Å². The first-order valence-electron chi connectivity index (χ1n) is 28.3. The van der Waals surface area contributed by atoms with Crippen LogP contribution in [0.2, 0.25) is 0 Å². The largest absolute Gasteiger partial charge is 0.457 e. The van der Waals surface area contributed by atoms with Crippen LogP contribution in [0.3, 0.4) is 0 Å². The van der Waals surface area contributed by atoms with Gasteiger partial charge < -0.3 is 14.5 Å². The van der Waals surface area contributed by atoms with Gasteiger partial charge in [0, 0.05) is 55.6 Å². The van der Waals surface area contributed by atoms with Crippen molar-refractivity contribution in [1.29, 1.82) is 0 Å². The average Bonchev–Trinajstić information content (AvgIpc) is 4.19. The Hall–Kier alpha value is -8.67. The third-order valence-corrected chi connectivity index (χ3v) is 14.4. The van der Waals surface area contributed by atoms with E-state index in [0.29, 0.717) is 35.0 Å².